The number of carboxylic acids is 1. The molecule has 0 aromatic rings. The Morgan fingerprint density at radius 1 is 1.32 bits per heavy atom. The number of nitrogens with one attached hydrogen (secondary N) is 1. The third kappa shape index (κ3) is 3.61. The van der Waals surface area contributed by atoms with Gasteiger partial charge in [-0.25, -0.2) is 4.79 Å². The lowest BCUT2D eigenvalue weighted by Crippen LogP contribution is -2.49. The van der Waals surface area contributed by atoms with E-state index in [4.69, 9.17) is 5.11 Å². The van der Waals surface area contributed by atoms with Gasteiger partial charge in [0.05, 0.1) is 5.92 Å². The smallest absolute Gasteiger partial charge is 0.317 e. The van der Waals surface area contributed by atoms with Gasteiger partial charge >= 0.3 is 12.0 Å². The highest BCUT2D eigenvalue weighted by atomic mass is 16.4. The maximum absolute atomic E-state index is 12.2. The monoisotopic (exact) mass is 268 g/mol. The van der Waals surface area contributed by atoms with Gasteiger partial charge in [0, 0.05) is 19.1 Å². The molecule has 0 aromatic carbocycles. The second kappa shape index (κ2) is 5.39. The largest absolute Gasteiger partial charge is 0.481 e. The van der Waals surface area contributed by atoms with E-state index in [9.17, 15) is 9.59 Å². The Labute approximate surface area is 114 Å². The van der Waals surface area contributed by atoms with E-state index in [-0.39, 0.29) is 12.1 Å². The standard InChI is InChI=1S/C14H24N2O3/c1-14(2)6-5-11(8-14)15-13(19)16-7-3-4-10(9-16)12(17)18/h10-11H,3-9H2,1-2H3,(H,15,19)(H,17,18). The van der Waals surface area contributed by atoms with Crippen LogP contribution < -0.4 is 5.32 Å². The minimum atomic E-state index is -0.792. The molecule has 0 aromatic heterocycles. The highest BCUT2D eigenvalue weighted by molar-refractivity contribution is 5.76. The zero-order valence-electron chi connectivity index (χ0n) is 11.8. The molecular formula is C14H24N2O3. The number of rotatable bonds is 2. The summed E-state index contributed by atoms with van der Waals surface area (Å²) in [4.78, 5) is 24.8. The molecular weight excluding hydrogens is 244 g/mol. The number of likely N-dealkylation sites (tertiary alicyclic amines) is 1. The van der Waals surface area contributed by atoms with Crippen LogP contribution in [-0.2, 0) is 4.79 Å². The van der Waals surface area contributed by atoms with Crippen molar-refractivity contribution in [3.8, 4) is 0 Å². The normalized spacial score (nSPS) is 30.1. The molecule has 2 unspecified atom stereocenters. The summed E-state index contributed by atoms with van der Waals surface area (Å²) in [6.45, 7) is 5.46. The minimum Gasteiger partial charge on any atom is -0.481 e. The van der Waals surface area contributed by atoms with Crippen LogP contribution in [0.1, 0.15) is 46.0 Å². The van der Waals surface area contributed by atoms with Crippen molar-refractivity contribution in [1.82, 2.24) is 10.2 Å². The molecule has 19 heavy (non-hydrogen) atoms. The number of carboxylic acid groups (broad SMARTS) is 1. The Morgan fingerprint density at radius 3 is 2.63 bits per heavy atom. The van der Waals surface area contributed by atoms with E-state index < -0.39 is 11.9 Å². The summed E-state index contributed by atoms with van der Waals surface area (Å²) >= 11 is 0. The molecule has 2 fully saturated rings. The number of carbonyl (C=O) groups excluding carboxylic acids is 1. The molecule has 0 bridgehead atoms. The summed E-state index contributed by atoms with van der Waals surface area (Å²) in [5.74, 6) is -1.20. The van der Waals surface area contributed by atoms with Gasteiger partial charge in [0.2, 0.25) is 0 Å². The molecule has 2 N–H and O–H groups in total. The molecule has 1 aliphatic carbocycles. The molecule has 2 rings (SSSR count). The number of hydrogen-bond acceptors (Lipinski definition) is 2. The summed E-state index contributed by atoms with van der Waals surface area (Å²) in [5, 5.41) is 12.1. The summed E-state index contributed by atoms with van der Waals surface area (Å²) < 4.78 is 0. The maximum Gasteiger partial charge on any atom is 0.317 e. The van der Waals surface area contributed by atoms with E-state index >= 15 is 0 Å². The molecule has 1 saturated heterocycles. The summed E-state index contributed by atoms with van der Waals surface area (Å²) in [7, 11) is 0. The van der Waals surface area contributed by atoms with Crippen LogP contribution in [-0.4, -0.2) is 41.1 Å². The third-order valence-electron chi connectivity index (χ3n) is 4.35. The second-order valence-corrected chi connectivity index (χ2v) is 6.68. The lowest BCUT2D eigenvalue weighted by Gasteiger charge is -2.31. The SMILES string of the molecule is CC1(C)CCC(NC(=O)N2CCCC(C(=O)O)C2)C1. The Kier molecular flexibility index (Phi) is 4.02. The van der Waals surface area contributed by atoms with Crippen LogP contribution in [0, 0.1) is 11.3 Å². The molecule has 2 atom stereocenters. The van der Waals surface area contributed by atoms with E-state index in [1.807, 2.05) is 0 Å². The zero-order valence-corrected chi connectivity index (χ0v) is 11.8. The lowest BCUT2D eigenvalue weighted by molar-refractivity contribution is -0.143. The van der Waals surface area contributed by atoms with Crippen LogP contribution in [0.4, 0.5) is 4.79 Å². The van der Waals surface area contributed by atoms with Crippen molar-refractivity contribution in [2.45, 2.75) is 52.0 Å². The molecule has 1 aliphatic heterocycles. The number of aliphatic carboxylic acids is 1. The summed E-state index contributed by atoms with van der Waals surface area (Å²) in [6.07, 6.45) is 4.62. The Balaban J connectivity index is 1.85. The second-order valence-electron chi connectivity index (χ2n) is 6.68. The topological polar surface area (TPSA) is 69.6 Å². The van der Waals surface area contributed by atoms with Crippen LogP contribution in [0.2, 0.25) is 0 Å². The summed E-state index contributed by atoms with van der Waals surface area (Å²) in [6, 6.07) is 0.154. The van der Waals surface area contributed by atoms with E-state index in [2.05, 4.69) is 19.2 Å². The zero-order chi connectivity index (χ0) is 14.0. The maximum atomic E-state index is 12.2. The fourth-order valence-corrected chi connectivity index (χ4v) is 3.19. The van der Waals surface area contributed by atoms with Gasteiger partial charge in [-0.05, 0) is 37.5 Å². The van der Waals surface area contributed by atoms with Gasteiger partial charge in [0.1, 0.15) is 0 Å². The van der Waals surface area contributed by atoms with E-state index in [0.29, 0.717) is 24.9 Å². The van der Waals surface area contributed by atoms with Crippen LogP contribution in [0.15, 0.2) is 0 Å². The fraction of sp³-hybridized carbons (Fsp3) is 0.857. The van der Waals surface area contributed by atoms with Crippen molar-refractivity contribution in [3.05, 3.63) is 0 Å². The molecule has 2 amide bonds. The first-order valence-corrected chi connectivity index (χ1v) is 7.16. The first-order valence-electron chi connectivity index (χ1n) is 7.16. The van der Waals surface area contributed by atoms with Gasteiger partial charge < -0.3 is 15.3 Å². The first-order chi connectivity index (χ1) is 8.87. The minimum absolute atomic E-state index is 0.0892. The average molecular weight is 268 g/mol. The molecule has 1 saturated carbocycles. The molecule has 108 valence electrons. The Morgan fingerprint density at radius 2 is 2.05 bits per heavy atom. The average Bonchev–Trinajstić information content (AvgIpc) is 2.68. The Bertz CT molecular complexity index is 368. The Hall–Kier alpha value is -1.26. The number of hydrogen-bond donors (Lipinski definition) is 2. The van der Waals surface area contributed by atoms with Gasteiger partial charge in [-0.3, -0.25) is 4.79 Å². The number of amides is 2. The predicted molar refractivity (Wildman–Crippen MR) is 71.9 cm³/mol. The predicted octanol–water partition coefficient (Wildman–Crippen LogP) is 2.07. The van der Waals surface area contributed by atoms with Crippen molar-refractivity contribution in [2.24, 2.45) is 11.3 Å². The van der Waals surface area contributed by atoms with Crippen molar-refractivity contribution in [2.75, 3.05) is 13.1 Å². The number of piperidine rings is 1. The van der Waals surface area contributed by atoms with Gasteiger partial charge in [-0.1, -0.05) is 13.8 Å². The van der Waals surface area contributed by atoms with Crippen LogP contribution in [0.25, 0.3) is 0 Å². The number of carbonyl (C=O) groups is 2. The third-order valence-corrected chi connectivity index (χ3v) is 4.35. The van der Waals surface area contributed by atoms with Crippen molar-refractivity contribution < 1.29 is 14.7 Å². The molecule has 2 aliphatic rings. The van der Waals surface area contributed by atoms with Crippen molar-refractivity contribution in [1.29, 1.82) is 0 Å². The van der Waals surface area contributed by atoms with Crippen LogP contribution in [0.3, 0.4) is 0 Å². The van der Waals surface area contributed by atoms with Crippen LogP contribution >= 0.6 is 0 Å². The first kappa shape index (κ1) is 14.2. The van der Waals surface area contributed by atoms with E-state index in [1.54, 1.807) is 4.90 Å². The van der Waals surface area contributed by atoms with E-state index in [0.717, 1.165) is 25.7 Å². The molecule has 0 spiro atoms. The molecule has 1 heterocycles. The van der Waals surface area contributed by atoms with Crippen molar-refractivity contribution in [3.63, 3.8) is 0 Å². The summed E-state index contributed by atoms with van der Waals surface area (Å²) in [5.41, 5.74) is 0.309. The van der Waals surface area contributed by atoms with Crippen molar-refractivity contribution >= 4 is 12.0 Å². The highest BCUT2D eigenvalue weighted by Gasteiger charge is 2.34. The number of urea groups is 1. The highest BCUT2D eigenvalue weighted by Crippen LogP contribution is 2.37. The molecule has 0 radical (unpaired) electrons. The van der Waals surface area contributed by atoms with E-state index in [1.165, 1.54) is 0 Å². The van der Waals surface area contributed by atoms with Gasteiger partial charge in [-0.15, -0.1) is 0 Å². The fourth-order valence-electron chi connectivity index (χ4n) is 3.19. The quantitative estimate of drug-likeness (QED) is 0.805. The molecule has 5 heteroatoms. The number of nitrogens with zero attached hydrogens (tertiary/aromatic N) is 1. The van der Waals surface area contributed by atoms with Gasteiger partial charge in [0.15, 0.2) is 0 Å². The van der Waals surface area contributed by atoms with Gasteiger partial charge in [-0.2, -0.15) is 0 Å². The van der Waals surface area contributed by atoms with Crippen LogP contribution in [0.5, 0.6) is 0 Å². The lowest BCUT2D eigenvalue weighted by atomic mass is 9.92. The molecule has 5 nitrogen and oxygen atoms in total. The van der Waals surface area contributed by atoms with Gasteiger partial charge in [0.25, 0.3) is 0 Å².